The highest BCUT2D eigenvalue weighted by molar-refractivity contribution is 7.99. The van der Waals surface area contributed by atoms with Crippen molar-refractivity contribution in [1.29, 1.82) is 5.26 Å². The van der Waals surface area contributed by atoms with Gasteiger partial charge in [-0.25, -0.2) is 0 Å². The minimum Gasteiger partial charge on any atom is -0.411 e. The van der Waals surface area contributed by atoms with Crippen LogP contribution in [0.25, 0.3) is 11.5 Å². The zero-order chi connectivity index (χ0) is 11.4. The van der Waals surface area contributed by atoms with E-state index in [2.05, 4.69) is 10.2 Å². The zero-order valence-electron chi connectivity index (χ0n) is 8.67. The Kier molecular flexibility index (Phi) is 3.22. The third kappa shape index (κ3) is 2.23. The van der Waals surface area contributed by atoms with Gasteiger partial charge in [0.15, 0.2) is 0 Å². The molecule has 2 rings (SSSR count). The summed E-state index contributed by atoms with van der Waals surface area (Å²) < 4.78 is 5.44. The van der Waals surface area contributed by atoms with Gasteiger partial charge in [-0.2, -0.15) is 5.26 Å². The van der Waals surface area contributed by atoms with E-state index in [-0.39, 0.29) is 0 Å². The Labute approximate surface area is 97.3 Å². The van der Waals surface area contributed by atoms with Crippen molar-refractivity contribution in [2.45, 2.75) is 12.1 Å². The molecule has 0 radical (unpaired) electrons. The van der Waals surface area contributed by atoms with Crippen LogP contribution in [0.1, 0.15) is 5.56 Å². The van der Waals surface area contributed by atoms with Gasteiger partial charge in [-0.1, -0.05) is 30.0 Å². The Hall–Kier alpha value is -1.80. The second-order valence-corrected chi connectivity index (χ2v) is 4.06. The molecule has 1 aromatic carbocycles. The Balaban J connectivity index is 2.26. The molecule has 0 atom stereocenters. The summed E-state index contributed by atoms with van der Waals surface area (Å²) in [7, 11) is 0. The van der Waals surface area contributed by atoms with E-state index in [1.165, 1.54) is 11.8 Å². The first-order chi connectivity index (χ1) is 7.81. The molecule has 0 amide bonds. The van der Waals surface area contributed by atoms with Gasteiger partial charge >= 0.3 is 0 Å². The molecule has 0 aliphatic rings. The maximum absolute atomic E-state index is 8.43. The summed E-state index contributed by atoms with van der Waals surface area (Å²) in [6.45, 7) is 1.99. The molecular weight excluding hydrogens is 222 g/mol. The van der Waals surface area contributed by atoms with Crippen LogP contribution in [-0.2, 0) is 0 Å². The SMILES string of the molecule is Cc1ccccc1-c1nnc(SCC#N)o1. The third-order valence-electron chi connectivity index (χ3n) is 2.04. The topological polar surface area (TPSA) is 62.7 Å². The highest BCUT2D eigenvalue weighted by Gasteiger charge is 2.10. The van der Waals surface area contributed by atoms with Crippen LogP contribution >= 0.6 is 11.8 Å². The minimum atomic E-state index is 0.315. The molecule has 0 spiro atoms. The quantitative estimate of drug-likeness (QED) is 0.760. The van der Waals surface area contributed by atoms with Gasteiger partial charge in [0.05, 0.1) is 11.8 Å². The molecule has 0 saturated carbocycles. The van der Waals surface area contributed by atoms with E-state index in [1.54, 1.807) is 0 Å². The molecule has 1 aromatic heterocycles. The van der Waals surface area contributed by atoms with Crippen molar-refractivity contribution in [2.24, 2.45) is 0 Å². The number of nitrogens with zero attached hydrogens (tertiary/aromatic N) is 3. The first-order valence-electron chi connectivity index (χ1n) is 4.70. The van der Waals surface area contributed by atoms with E-state index in [1.807, 2.05) is 37.3 Å². The summed E-state index contributed by atoms with van der Waals surface area (Å²) in [6, 6.07) is 9.82. The summed E-state index contributed by atoms with van der Waals surface area (Å²) in [5, 5.41) is 16.7. The number of aromatic nitrogens is 2. The molecule has 4 nitrogen and oxygen atoms in total. The number of aryl methyl sites for hydroxylation is 1. The van der Waals surface area contributed by atoms with Crippen molar-refractivity contribution in [2.75, 3.05) is 5.75 Å². The van der Waals surface area contributed by atoms with Crippen LogP contribution < -0.4 is 0 Å². The smallest absolute Gasteiger partial charge is 0.277 e. The predicted molar refractivity (Wildman–Crippen MR) is 60.8 cm³/mol. The van der Waals surface area contributed by atoms with Gasteiger partial charge in [-0.05, 0) is 18.6 Å². The molecule has 0 bridgehead atoms. The Bertz CT molecular complexity index is 530. The Morgan fingerprint density at radius 1 is 1.38 bits per heavy atom. The number of rotatable bonds is 3. The standard InChI is InChI=1S/C11H9N3OS/c1-8-4-2-3-5-9(8)10-13-14-11(15-10)16-7-6-12/h2-5H,7H2,1H3. The minimum absolute atomic E-state index is 0.315. The van der Waals surface area contributed by atoms with Gasteiger partial charge in [0.2, 0.25) is 5.89 Å². The highest BCUT2D eigenvalue weighted by atomic mass is 32.2. The predicted octanol–water partition coefficient (Wildman–Crippen LogP) is 2.66. The molecule has 80 valence electrons. The first kappa shape index (κ1) is 10.7. The van der Waals surface area contributed by atoms with Crippen molar-refractivity contribution in [3.05, 3.63) is 29.8 Å². The maximum atomic E-state index is 8.43. The Morgan fingerprint density at radius 2 is 2.19 bits per heavy atom. The van der Waals surface area contributed by atoms with Crippen LogP contribution in [0.5, 0.6) is 0 Å². The summed E-state index contributed by atoms with van der Waals surface area (Å²) in [5.41, 5.74) is 2.02. The molecule has 16 heavy (non-hydrogen) atoms. The van der Waals surface area contributed by atoms with Gasteiger partial charge in [0, 0.05) is 5.56 Å². The van der Waals surface area contributed by atoms with Crippen LogP contribution in [0.2, 0.25) is 0 Å². The number of nitriles is 1. The van der Waals surface area contributed by atoms with E-state index in [9.17, 15) is 0 Å². The highest BCUT2D eigenvalue weighted by Crippen LogP contribution is 2.24. The molecule has 2 aromatic rings. The molecule has 0 saturated heterocycles. The van der Waals surface area contributed by atoms with Crippen molar-refractivity contribution in [1.82, 2.24) is 10.2 Å². The van der Waals surface area contributed by atoms with E-state index < -0.39 is 0 Å². The largest absolute Gasteiger partial charge is 0.411 e. The number of benzene rings is 1. The number of hydrogen-bond donors (Lipinski definition) is 0. The lowest BCUT2D eigenvalue weighted by Gasteiger charge is -1.98. The average Bonchev–Trinajstić information content (AvgIpc) is 2.75. The van der Waals surface area contributed by atoms with Gasteiger partial charge in [-0.3, -0.25) is 0 Å². The maximum Gasteiger partial charge on any atom is 0.277 e. The second kappa shape index (κ2) is 4.81. The lowest BCUT2D eigenvalue weighted by Crippen LogP contribution is -1.81. The monoisotopic (exact) mass is 231 g/mol. The van der Waals surface area contributed by atoms with Gasteiger partial charge in [0.25, 0.3) is 5.22 Å². The summed E-state index contributed by atoms with van der Waals surface area (Å²) >= 11 is 1.24. The Morgan fingerprint density at radius 3 is 2.94 bits per heavy atom. The van der Waals surface area contributed by atoms with E-state index in [4.69, 9.17) is 9.68 Å². The molecule has 0 N–H and O–H groups in total. The van der Waals surface area contributed by atoms with E-state index >= 15 is 0 Å². The van der Waals surface area contributed by atoms with Crippen LogP contribution in [0.3, 0.4) is 0 Å². The molecule has 5 heteroatoms. The molecule has 1 heterocycles. The molecule has 0 fully saturated rings. The van der Waals surface area contributed by atoms with Crippen molar-refractivity contribution >= 4 is 11.8 Å². The van der Waals surface area contributed by atoms with Crippen LogP contribution in [-0.4, -0.2) is 16.0 Å². The number of hydrogen-bond acceptors (Lipinski definition) is 5. The van der Waals surface area contributed by atoms with Crippen molar-refractivity contribution in [3.8, 4) is 17.5 Å². The fourth-order valence-corrected chi connectivity index (χ4v) is 1.71. The van der Waals surface area contributed by atoms with Gasteiger partial charge in [0.1, 0.15) is 0 Å². The lowest BCUT2D eigenvalue weighted by atomic mass is 10.1. The first-order valence-corrected chi connectivity index (χ1v) is 5.69. The summed E-state index contributed by atoms with van der Waals surface area (Å²) in [4.78, 5) is 0. The van der Waals surface area contributed by atoms with Gasteiger partial charge in [-0.15, -0.1) is 10.2 Å². The lowest BCUT2D eigenvalue weighted by molar-refractivity contribution is 0.466. The summed E-state index contributed by atoms with van der Waals surface area (Å²) in [6.07, 6.45) is 0. The second-order valence-electron chi connectivity index (χ2n) is 3.13. The van der Waals surface area contributed by atoms with Crippen LogP contribution in [0.15, 0.2) is 33.9 Å². The van der Waals surface area contributed by atoms with Crippen molar-refractivity contribution in [3.63, 3.8) is 0 Å². The third-order valence-corrected chi connectivity index (χ3v) is 2.73. The van der Waals surface area contributed by atoms with Gasteiger partial charge < -0.3 is 4.42 Å². The summed E-state index contributed by atoms with van der Waals surface area (Å²) in [5.74, 6) is 0.814. The normalized spacial score (nSPS) is 10.0. The van der Waals surface area contributed by atoms with E-state index in [0.717, 1.165) is 11.1 Å². The van der Waals surface area contributed by atoms with Crippen LogP contribution in [0, 0.1) is 18.3 Å². The van der Waals surface area contributed by atoms with Crippen LogP contribution in [0.4, 0.5) is 0 Å². The molecule has 0 aliphatic heterocycles. The fourth-order valence-electron chi connectivity index (χ4n) is 1.28. The fraction of sp³-hybridized carbons (Fsp3) is 0.182. The van der Waals surface area contributed by atoms with Crippen molar-refractivity contribution < 1.29 is 4.42 Å². The van der Waals surface area contributed by atoms with E-state index in [0.29, 0.717) is 16.9 Å². The number of thioether (sulfide) groups is 1. The zero-order valence-corrected chi connectivity index (χ0v) is 9.49. The molecule has 0 unspecified atom stereocenters. The molecular formula is C11H9N3OS. The average molecular weight is 231 g/mol. The molecule has 0 aliphatic carbocycles.